The first-order valence-corrected chi connectivity index (χ1v) is 8.24. The number of amides is 1. The van der Waals surface area contributed by atoms with Crippen LogP contribution in [0.15, 0.2) is 28.6 Å². The van der Waals surface area contributed by atoms with Crippen LogP contribution in [-0.4, -0.2) is 23.8 Å². The van der Waals surface area contributed by atoms with Gasteiger partial charge in [-0.2, -0.15) is 5.26 Å². The molecular weight excluding hydrogens is 346 g/mol. The zero-order valence-electron chi connectivity index (χ0n) is 13.5. The Morgan fingerprint density at radius 2 is 2.16 bits per heavy atom. The molecule has 0 spiro atoms. The van der Waals surface area contributed by atoms with Crippen molar-refractivity contribution in [3.05, 3.63) is 45.7 Å². The molecule has 0 saturated heterocycles. The van der Waals surface area contributed by atoms with E-state index in [1.54, 1.807) is 18.4 Å². The molecule has 2 N–H and O–H groups in total. The summed E-state index contributed by atoms with van der Waals surface area (Å²) in [5.74, 6) is -1.43. The van der Waals surface area contributed by atoms with Crippen LogP contribution in [0.1, 0.15) is 23.8 Å². The number of hydrogen-bond donors (Lipinski definition) is 1. The van der Waals surface area contributed by atoms with E-state index in [9.17, 15) is 9.18 Å². The number of carbonyl (C=O) groups is 1. The first-order chi connectivity index (χ1) is 11.8. The van der Waals surface area contributed by atoms with Crippen molar-refractivity contribution in [3.63, 3.8) is 0 Å². The number of halogens is 2. The molecule has 0 unspecified atom stereocenters. The molecule has 1 amide bonds. The van der Waals surface area contributed by atoms with Gasteiger partial charge in [-0.1, -0.05) is 6.07 Å². The van der Waals surface area contributed by atoms with Gasteiger partial charge in [0, 0.05) is 18.0 Å². The Morgan fingerprint density at radius 1 is 1.44 bits per heavy atom. The molecule has 0 bridgehead atoms. The summed E-state index contributed by atoms with van der Waals surface area (Å²) in [7, 11) is 1.51. The Morgan fingerprint density at radius 3 is 2.80 bits per heavy atom. The summed E-state index contributed by atoms with van der Waals surface area (Å²) in [6, 6.07) is 5.57. The van der Waals surface area contributed by atoms with Gasteiger partial charge in [0.25, 0.3) is 0 Å². The second-order valence-electron chi connectivity index (χ2n) is 5.97. The highest BCUT2D eigenvalue weighted by atomic mass is 32.1. The third-order valence-electron chi connectivity index (χ3n) is 4.19. The molecule has 8 heteroatoms. The number of rotatable bonds is 2. The molecule has 2 aromatic rings. The molecule has 1 atom stereocenters. The van der Waals surface area contributed by atoms with Crippen molar-refractivity contribution in [2.75, 3.05) is 7.05 Å². The minimum Gasteiger partial charge on any atom is -0.369 e. The third-order valence-corrected chi connectivity index (χ3v) is 5.40. The van der Waals surface area contributed by atoms with Gasteiger partial charge in [0.2, 0.25) is 5.91 Å². The lowest BCUT2D eigenvalue weighted by molar-refractivity contribution is -0.128. The SMILES string of the molecule is CN1C(=O)C[C@@](C)(c2scc(-c3ccc(F)c(C#N)c3)c2F)N=C1N. The van der Waals surface area contributed by atoms with Gasteiger partial charge in [0.05, 0.1) is 16.9 Å². The number of thiophene rings is 1. The van der Waals surface area contributed by atoms with Gasteiger partial charge in [-0.15, -0.1) is 11.3 Å². The number of aliphatic imine (C=N–C) groups is 1. The Labute approximate surface area is 147 Å². The van der Waals surface area contributed by atoms with Crippen molar-refractivity contribution in [1.82, 2.24) is 4.90 Å². The van der Waals surface area contributed by atoms with Crippen LogP contribution in [-0.2, 0) is 10.3 Å². The molecule has 25 heavy (non-hydrogen) atoms. The quantitative estimate of drug-likeness (QED) is 0.894. The predicted molar refractivity (Wildman–Crippen MR) is 90.7 cm³/mol. The maximum absolute atomic E-state index is 15.0. The number of hydrogen-bond acceptors (Lipinski definition) is 5. The number of nitrogens with zero attached hydrogens (tertiary/aromatic N) is 3. The van der Waals surface area contributed by atoms with Crippen LogP contribution < -0.4 is 5.73 Å². The van der Waals surface area contributed by atoms with Crippen LogP contribution in [0.2, 0.25) is 0 Å². The largest absolute Gasteiger partial charge is 0.369 e. The lowest BCUT2D eigenvalue weighted by Crippen LogP contribution is -2.47. The van der Waals surface area contributed by atoms with Crippen LogP contribution in [0.5, 0.6) is 0 Å². The second kappa shape index (κ2) is 5.93. The average Bonchev–Trinajstić information content (AvgIpc) is 2.95. The van der Waals surface area contributed by atoms with Crippen LogP contribution in [0.4, 0.5) is 8.78 Å². The third kappa shape index (κ3) is 2.76. The zero-order chi connectivity index (χ0) is 18.4. The Bertz CT molecular complexity index is 947. The molecule has 0 aliphatic carbocycles. The minimum absolute atomic E-state index is 0.00602. The number of benzene rings is 1. The fourth-order valence-electron chi connectivity index (χ4n) is 2.72. The van der Waals surface area contributed by atoms with Gasteiger partial charge in [0.1, 0.15) is 23.2 Å². The molecule has 0 fully saturated rings. The van der Waals surface area contributed by atoms with Crippen molar-refractivity contribution in [2.45, 2.75) is 18.9 Å². The Hall–Kier alpha value is -2.79. The highest BCUT2D eigenvalue weighted by molar-refractivity contribution is 7.10. The first kappa shape index (κ1) is 17.0. The molecule has 128 valence electrons. The lowest BCUT2D eigenvalue weighted by Gasteiger charge is -2.32. The second-order valence-corrected chi connectivity index (χ2v) is 6.85. The maximum Gasteiger partial charge on any atom is 0.231 e. The maximum atomic E-state index is 15.0. The van der Waals surface area contributed by atoms with Crippen molar-refractivity contribution in [3.8, 4) is 17.2 Å². The molecule has 0 saturated carbocycles. The molecule has 5 nitrogen and oxygen atoms in total. The highest BCUT2D eigenvalue weighted by Gasteiger charge is 2.39. The van der Waals surface area contributed by atoms with E-state index < -0.39 is 17.2 Å². The minimum atomic E-state index is -1.10. The average molecular weight is 360 g/mol. The van der Waals surface area contributed by atoms with Crippen LogP contribution in [0, 0.1) is 23.0 Å². The van der Waals surface area contributed by atoms with E-state index in [-0.39, 0.29) is 34.3 Å². The summed E-state index contributed by atoms with van der Waals surface area (Å²) >= 11 is 1.11. The van der Waals surface area contributed by atoms with Crippen LogP contribution in [0.25, 0.3) is 11.1 Å². The highest BCUT2D eigenvalue weighted by Crippen LogP contribution is 2.42. The lowest BCUT2D eigenvalue weighted by atomic mass is 9.92. The van der Waals surface area contributed by atoms with Crippen LogP contribution >= 0.6 is 11.3 Å². The van der Waals surface area contributed by atoms with Gasteiger partial charge >= 0.3 is 0 Å². The zero-order valence-corrected chi connectivity index (χ0v) is 14.3. The monoisotopic (exact) mass is 360 g/mol. The summed E-state index contributed by atoms with van der Waals surface area (Å²) in [4.78, 5) is 17.9. The smallest absolute Gasteiger partial charge is 0.231 e. The van der Waals surface area contributed by atoms with Gasteiger partial charge < -0.3 is 5.73 Å². The molecule has 1 aliphatic heterocycles. The number of nitrogens with two attached hydrogens (primary N) is 1. The van der Waals surface area contributed by atoms with Gasteiger partial charge in [-0.25, -0.2) is 13.8 Å². The molecule has 2 heterocycles. The van der Waals surface area contributed by atoms with Gasteiger partial charge in [0.15, 0.2) is 5.96 Å². The van der Waals surface area contributed by atoms with Crippen molar-refractivity contribution < 1.29 is 13.6 Å². The van der Waals surface area contributed by atoms with E-state index in [0.29, 0.717) is 5.56 Å². The van der Waals surface area contributed by atoms with E-state index >= 15 is 4.39 Å². The van der Waals surface area contributed by atoms with E-state index in [0.717, 1.165) is 17.4 Å². The van der Waals surface area contributed by atoms with E-state index in [1.807, 2.05) is 0 Å². The Kier molecular flexibility index (Phi) is 4.05. The summed E-state index contributed by atoms with van der Waals surface area (Å²) in [6.07, 6.45) is -0.00602. The van der Waals surface area contributed by atoms with Gasteiger partial charge in [-0.05, 0) is 24.6 Å². The topological polar surface area (TPSA) is 82.5 Å². The number of carbonyl (C=O) groups excluding carboxylic acids is 1. The van der Waals surface area contributed by atoms with E-state index in [4.69, 9.17) is 11.0 Å². The summed E-state index contributed by atoms with van der Waals surface area (Å²) in [6.45, 7) is 1.65. The number of nitriles is 1. The fourth-order valence-corrected chi connectivity index (χ4v) is 3.78. The first-order valence-electron chi connectivity index (χ1n) is 7.36. The summed E-state index contributed by atoms with van der Waals surface area (Å²) in [5.41, 5.74) is 5.13. The summed E-state index contributed by atoms with van der Waals surface area (Å²) < 4.78 is 28.5. The molecule has 1 aromatic heterocycles. The normalized spacial score (nSPS) is 20.4. The van der Waals surface area contributed by atoms with Crippen molar-refractivity contribution >= 4 is 23.2 Å². The van der Waals surface area contributed by atoms with E-state index in [2.05, 4.69) is 4.99 Å². The standard InChI is InChI=1S/C17H14F2N4OS/c1-17(6-13(24)23(2)16(21)22-17)15-14(19)11(8-25-15)9-3-4-12(18)10(5-9)7-20/h3-5,8H,6H2,1-2H3,(H2,21,22)/t17-/m0/s1. The van der Waals surface area contributed by atoms with Crippen molar-refractivity contribution in [2.24, 2.45) is 10.7 Å². The van der Waals surface area contributed by atoms with E-state index in [1.165, 1.54) is 24.1 Å². The fraction of sp³-hybridized carbons (Fsp3) is 0.235. The molecule has 0 radical (unpaired) electrons. The molecule has 3 rings (SSSR count). The molecular formula is C17H14F2N4OS. The molecule has 1 aromatic carbocycles. The molecule has 1 aliphatic rings. The Balaban J connectivity index is 2.08. The van der Waals surface area contributed by atoms with Crippen molar-refractivity contribution in [1.29, 1.82) is 5.26 Å². The predicted octanol–water partition coefficient (Wildman–Crippen LogP) is 2.96. The van der Waals surface area contributed by atoms with Crippen LogP contribution in [0.3, 0.4) is 0 Å². The summed E-state index contributed by atoms with van der Waals surface area (Å²) in [5, 5.41) is 10.5. The number of guanidine groups is 1. The van der Waals surface area contributed by atoms with Gasteiger partial charge in [-0.3, -0.25) is 9.69 Å².